The Hall–Kier alpha value is -2.80. The molecule has 0 fully saturated rings. The minimum atomic E-state index is -0.0392. The van der Waals surface area contributed by atoms with Gasteiger partial charge in [-0.25, -0.2) is 4.57 Å². The number of ether oxygens (including phenoxy) is 2. The van der Waals surface area contributed by atoms with Gasteiger partial charge in [0.15, 0.2) is 22.5 Å². The second-order valence-corrected chi connectivity index (χ2v) is 7.00. The van der Waals surface area contributed by atoms with E-state index in [1.54, 1.807) is 18.8 Å². The van der Waals surface area contributed by atoms with Gasteiger partial charge in [0, 0.05) is 17.2 Å². The predicted octanol–water partition coefficient (Wildman–Crippen LogP) is 3.84. The molecule has 3 aromatic rings. The first-order valence-electron chi connectivity index (χ1n) is 8.14. The van der Waals surface area contributed by atoms with Crippen LogP contribution in [-0.2, 0) is 0 Å². The van der Waals surface area contributed by atoms with E-state index in [2.05, 4.69) is 10.2 Å². The van der Waals surface area contributed by atoms with Gasteiger partial charge in [-0.15, -0.1) is 10.2 Å². The summed E-state index contributed by atoms with van der Waals surface area (Å²) in [5, 5.41) is 9.04. The fraction of sp³-hybridized carbons (Fsp3) is 0.211. The predicted molar refractivity (Wildman–Crippen MR) is 98.8 cm³/mol. The quantitative estimate of drug-likeness (QED) is 0.698. The van der Waals surface area contributed by atoms with Crippen LogP contribution in [0.25, 0.3) is 11.4 Å². The van der Waals surface area contributed by atoms with E-state index in [1.165, 1.54) is 11.8 Å². The summed E-state index contributed by atoms with van der Waals surface area (Å²) >= 11 is 1.53. The Kier molecular flexibility index (Phi) is 4.38. The number of nitrogens with zero attached hydrogens (tertiary/aromatic N) is 3. The number of rotatable bonds is 4. The molecular weight excluding hydrogens is 350 g/mol. The van der Waals surface area contributed by atoms with Crippen molar-refractivity contribution in [2.45, 2.75) is 16.8 Å². The van der Waals surface area contributed by atoms with E-state index >= 15 is 0 Å². The van der Waals surface area contributed by atoms with Crippen molar-refractivity contribution >= 4 is 17.7 Å². The number of fused-ring (bicyclic) bond motifs is 1. The molecular formula is C19H17N3O3S. The maximum absolute atomic E-state index is 12.8. The maximum atomic E-state index is 12.8. The van der Waals surface area contributed by atoms with Crippen molar-refractivity contribution in [1.29, 1.82) is 0 Å². The Balaban J connectivity index is 1.68. The molecule has 1 aromatic heterocycles. The van der Waals surface area contributed by atoms with E-state index in [9.17, 15) is 4.79 Å². The fourth-order valence-electron chi connectivity index (χ4n) is 3.00. The van der Waals surface area contributed by atoms with Crippen LogP contribution in [0.5, 0.6) is 11.5 Å². The summed E-state index contributed by atoms with van der Waals surface area (Å²) in [6, 6.07) is 15.3. The maximum Gasteiger partial charge on any atom is 0.235 e. The average molecular weight is 367 g/mol. The van der Waals surface area contributed by atoms with Gasteiger partial charge in [0.05, 0.1) is 14.2 Å². The van der Waals surface area contributed by atoms with Crippen molar-refractivity contribution in [3.63, 3.8) is 0 Å². The van der Waals surface area contributed by atoms with Crippen molar-refractivity contribution in [3.8, 4) is 22.9 Å². The van der Waals surface area contributed by atoms with E-state index < -0.39 is 0 Å². The van der Waals surface area contributed by atoms with E-state index in [1.807, 2.05) is 48.5 Å². The molecule has 1 atom stereocenters. The van der Waals surface area contributed by atoms with Crippen LogP contribution in [0.3, 0.4) is 0 Å². The van der Waals surface area contributed by atoms with Gasteiger partial charge in [-0.1, -0.05) is 48.2 Å². The number of aromatic nitrogens is 3. The molecule has 0 amide bonds. The standard InChI is InChI=1S/C19H17N3O3S/c1-24-14-9-8-13(10-15(14)25-2)16-11-17(23)22-18(20-21-19(22)26-16)12-6-4-3-5-7-12/h3-10,16H,11H2,1-2H3. The summed E-state index contributed by atoms with van der Waals surface area (Å²) in [4.78, 5) is 12.8. The number of carbonyl (C=O) groups is 1. The molecule has 26 heavy (non-hydrogen) atoms. The number of thioether (sulfide) groups is 1. The van der Waals surface area contributed by atoms with Crippen LogP contribution in [0.15, 0.2) is 53.7 Å². The van der Waals surface area contributed by atoms with Crippen LogP contribution >= 0.6 is 11.8 Å². The van der Waals surface area contributed by atoms with Crippen molar-refractivity contribution in [2.75, 3.05) is 14.2 Å². The average Bonchev–Trinajstić information content (AvgIpc) is 3.12. The molecule has 132 valence electrons. The zero-order chi connectivity index (χ0) is 18.1. The molecule has 2 heterocycles. The van der Waals surface area contributed by atoms with Gasteiger partial charge < -0.3 is 9.47 Å². The molecule has 1 aliphatic rings. The van der Waals surface area contributed by atoms with Crippen LogP contribution < -0.4 is 9.47 Å². The van der Waals surface area contributed by atoms with E-state index in [4.69, 9.17) is 9.47 Å². The lowest BCUT2D eigenvalue weighted by molar-refractivity contribution is 0.0888. The Bertz CT molecular complexity index is 956. The van der Waals surface area contributed by atoms with Gasteiger partial charge in [-0.2, -0.15) is 0 Å². The second kappa shape index (κ2) is 6.84. The fourth-order valence-corrected chi connectivity index (χ4v) is 4.15. The van der Waals surface area contributed by atoms with E-state index in [0.717, 1.165) is 11.1 Å². The first-order chi connectivity index (χ1) is 12.7. The summed E-state index contributed by atoms with van der Waals surface area (Å²) in [6.45, 7) is 0. The highest BCUT2D eigenvalue weighted by Gasteiger charge is 2.31. The highest BCUT2D eigenvalue weighted by molar-refractivity contribution is 7.99. The number of benzene rings is 2. The van der Waals surface area contributed by atoms with Crippen molar-refractivity contribution in [2.24, 2.45) is 0 Å². The third-order valence-electron chi connectivity index (χ3n) is 4.30. The molecule has 0 aliphatic carbocycles. The normalized spacial score (nSPS) is 16.2. The molecule has 0 saturated heterocycles. The largest absolute Gasteiger partial charge is 0.493 e. The summed E-state index contributed by atoms with van der Waals surface area (Å²) in [5.41, 5.74) is 1.88. The topological polar surface area (TPSA) is 66.2 Å². The van der Waals surface area contributed by atoms with Crippen LogP contribution in [0.2, 0.25) is 0 Å². The molecule has 6 nitrogen and oxygen atoms in total. The van der Waals surface area contributed by atoms with Gasteiger partial charge in [0.2, 0.25) is 5.91 Å². The molecule has 7 heteroatoms. The number of hydrogen-bond acceptors (Lipinski definition) is 6. The Morgan fingerprint density at radius 1 is 1.04 bits per heavy atom. The lowest BCUT2D eigenvalue weighted by atomic mass is 10.1. The third kappa shape index (κ3) is 2.84. The van der Waals surface area contributed by atoms with Crippen LogP contribution in [0.1, 0.15) is 22.0 Å². The molecule has 0 saturated carbocycles. The lowest BCUT2D eigenvalue weighted by Crippen LogP contribution is -2.20. The van der Waals surface area contributed by atoms with Gasteiger partial charge >= 0.3 is 0 Å². The summed E-state index contributed by atoms with van der Waals surface area (Å²) in [5.74, 6) is 1.89. The van der Waals surface area contributed by atoms with Gasteiger partial charge in [-0.3, -0.25) is 4.79 Å². The first kappa shape index (κ1) is 16.7. The first-order valence-corrected chi connectivity index (χ1v) is 9.02. The Morgan fingerprint density at radius 2 is 1.81 bits per heavy atom. The van der Waals surface area contributed by atoms with Gasteiger partial charge in [0.25, 0.3) is 0 Å². The summed E-state index contributed by atoms with van der Waals surface area (Å²) in [6.07, 6.45) is 0.366. The summed E-state index contributed by atoms with van der Waals surface area (Å²) in [7, 11) is 3.20. The summed E-state index contributed by atoms with van der Waals surface area (Å²) < 4.78 is 12.3. The highest BCUT2D eigenvalue weighted by atomic mass is 32.2. The molecule has 1 aliphatic heterocycles. The SMILES string of the molecule is COc1ccc(C2CC(=O)n3c(nnc3-c3ccccc3)S2)cc1OC. The zero-order valence-corrected chi connectivity index (χ0v) is 15.2. The molecule has 0 radical (unpaired) electrons. The molecule has 0 N–H and O–H groups in total. The van der Waals surface area contributed by atoms with Crippen molar-refractivity contribution in [1.82, 2.24) is 14.8 Å². The van der Waals surface area contributed by atoms with Crippen LogP contribution in [0.4, 0.5) is 0 Å². The molecule has 0 bridgehead atoms. The molecule has 4 rings (SSSR count). The van der Waals surface area contributed by atoms with Gasteiger partial charge in [-0.05, 0) is 17.7 Å². The third-order valence-corrected chi connectivity index (χ3v) is 5.50. The number of carbonyl (C=O) groups excluding carboxylic acids is 1. The second-order valence-electron chi connectivity index (χ2n) is 5.83. The molecule has 1 unspecified atom stereocenters. The van der Waals surface area contributed by atoms with E-state index in [-0.39, 0.29) is 11.2 Å². The smallest absolute Gasteiger partial charge is 0.235 e. The monoisotopic (exact) mass is 367 g/mol. The van der Waals surface area contributed by atoms with Crippen LogP contribution in [0, 0.1) is 0 Å². The zero-order valence-electron chi connectivity index (χ0n) is 14.4. The Labute approximate surface area is 155 Å². The van der Waals surface area contributed by atoms with Crippen molar-refractivity contribution in [3.05, 3.63) is 54.1 Å². The molecule has 2 aromatic carbocycles. The van der Waals surface area contributed by atoms with Crippen LogP contribution in [-0.4, -0.2) is 34.9 Å². The van der Waals surface area contributed by atoms with Crippen molar-refractivity contribution < 1.29 is 14.3 Å². The highest BCUT2D eigenvalue weighted by Crippen LogP contribution is 2.44. The molecule has 0 spiro atoms. The minimum Gasteiger partial charge on any atom is -0.493 e. The Morgan fingerprint density at radius 3 is 2.54 bits per heavy atom. The number of methoxy groups -OCH3 is 2. The van der Waals surface area contributed by atoms with Gasteiger partial charge in [0.1, 0.15) is 0 Å². The lowest BCUT2D eigenvalue weighted by Gasteiger charge is -2.22. The number of hydrogen-bond donors (Lipinski definition) is 0. The minimum absolute atomic E-state index is 0.0117. The van der Waals surface area contributed by atoms with E-state index in [0.29, 0.717) is 28.9 Å².